The summed E-state index contributed by atoms with van der Waals surface area (Å²) in [6.07, 6.45) is 1.81. The number of rotatable bonds is 2. The second-order valence-corrected chi connectivity index (χ2v) is 5.17. The van der Waals surface area contributed by atoms with Gasteiger partial charge < -0.3 is 10.5 Å². The second-order valence-electron chi connectivity index (χ2n) is 3.83. The fraction of sp³-hybridized carbons (Fsp3) is 0.250. The van der Waals surface area contributed by atoms with Gasteiger partial charge in [-0.1, -0.05) is 0 Å². The first-order valence-corrected chi connectivity index (χ1v) is 6.10. The molecule has 82 valence electrons. The van der Waals surface area contributed by atoms with E-state index in [-0.39, 0.29) is 0 Å². The first kappa shape index (κ1) is 9.93. The Labute approximate surface area is 98.0 Å². The number of anilines is 1. The third-order valence-electron chi connectivity index (χ3n) is 2.67. The zero-order valence-corrected chi connectivity index (χ0v) is 9.54. The Bertz CT molecular complexity index is 525. The van der Waals surface area contributed by atoms with Gasteiger partial charge in [0.05, 0.1) is 24.0 Å². The molecule has 0 unspecified atom stereocenters. The van der Waals surface area contributed by atoms with E-state index in [1.165, 1.54) is 4.90 Å². The Morgan fingerprint density at radius 2 is 2.19 bits per heavy atom. The van der Waals surface area contributed by atoms with Crippen LogP contribution in [0.15, 0.2) is 35.4 Å². The summed E-state index contributed by atoms with van der Waals surface area (Å²) in [7, 11) is 0. The third kappa shape index (κ3) is 1.64. The quantitative estimate of drug-likeness (QED) is 0.807. The minimum absolute atomic E-state index is 0.564. The molecule has 1 aromatic heterocycles. The molecule has 1 aliphatic heterocycles. The summed E-state index contributed by atoms with van der Waals surface area (Å²) < 4.78 is 5.18. The van der Waals surface area contributed by atoms with Crippen LogP contribution in [0.2, 0.25) is 0 Å². The molecule has 16 heavy (non-hydrogen) atoms. The number of fused-ring (bicyclic) bond motifs is 1. The number of thioether (sulfide) groups is 1. The average molecular weight is 232 g/mol. The van der Waals surface area contributed by atoms with Gasteiger partial charge in [-0.25, -0.2) is 0 Å². The Kier molecular flexibility index (Phi) is 2.46. The van der Waals surface area contributed by atoms with E-state index in [1.54, 1.807) is 0 Å². The minimum atomic E-state index is 0.564. The van der Waals surface area contributed by atoms with E-state index in [9.17, 15) is 0 Å². The van der Waals surface area contributed by atoms with Crippen LogP contribution in [0.4, 0.5) is 5.69 Å². The lowest BCUT2D eigenvalue weighted by atomic mass is 10.2. The summed E-state index contributed by atoms with van der Waals surface area (Å²) in [5, 5.41) is 1.60. The number of benzene rings is 1. The van der Waals surface area contributed by atoms with Crippen LogP contribution in [0.5, 0.6) is 0 Å². The molecule has 1 aromatic carbocycles. The van der Waals surface area contributed by atoms with Crippen molar-refractivity contribution in [1.82, 2.24) is 4.98 Å². The van der Waals surface area contributed by atoms with Crippen molar-refractivity contribution in [2.75, 3.05) is 18.9 Å². The normalized spacial score (nSPS) is 16.2. The highest BCUT2D eigenvalue weighted by Gasteiger charge is 2.20. The molecule has 4 heteroatoms. The molecule has 0 atom stereocenters. The van der Waals surface area contributed by atoms with Crippen molar-refractivity contribution in [3.05, 3.63) is 30.5 Å². The van der Waals surface area contributed by atoms with Crippen molar-refractivity contribution < 1.29 is 4.74 Å². The van der Waals surface area contributed by atoms with Gasteiger partial charge in [0, 0.05) is 22.2 Å². The highest BCUT2D eigenvalue weighted by atomic mass is 32.2. The molecule has 3 nitrogen and oxygen atoms in total. The smallest absolute Gasteiger partial charge is 0.0858 e. The van der Waals surface area contributed by atoms with E-state index < -0.39 is 0 Å². The number of nitrogen functional groups attached to an aromatic ring is 1. The van der Waals surface area contributed by atoms with Crippen LogP contribution in [-0.4, -0.2) is 23.4 Å². The van der Waals surface area contributed by atoms with E-state index in [2.05, 4.69) is 4.98 Å². The molecule has 0 bridgehead atoms. The van der Waals surface area contributed by atoms with Crippen molar-refractivity contribution in [3.63, 3.8) is 0 Å². The SMILES string of the molecule is Nc1ccc(SC2COC2)c2ncccc12. The molecular weight excluding hydrogens is 220 g/mol. The van der Waals surface area contributed by atoms with Gasteiger partial charge in [0.1, 0.15) is 0 Å². The number of ether oxygens (including phenoxy) is 1. The highest BCUT2D eigenvalue weighted by molar-refractivity contribution is 8.00. The number of nitrogens with two attached hydrogens (primary N) is 1. The first-order valence-electron chi connectivity index (χ1n) is 5.22. The van der Waals surface area contributed by atoms with E-state index in [0.29, 0.717) is 5.25 Å². The van der Waals surface area contributed by atoms with E-state index in [4.69, 9.17) is 10.5 Å². The van der Waals surface area contributed by atoms with Crippen molar-refractivity contribution >= 4 is 28.4 Å². The lowest BCUT2D eigenvalue weighted by Gasteiger charge is -2.25. The summed E-state index contributed by atoms with van der Waals surface area (Å²) in [5.41, 5.74) is 7.72. The molecule has 0 aliphatic carbocycles. The summed E-state index contributed by atoms with van der Waals surface area (Å²) in [6.45, 7) is 1.67. The Morgan fingerprint density at radius 3 is 2.94 bits per heavy atom. The Balaban J connectivity index is 2.06. The van der Waals surface area contributed by atoms with Gasteiger partial charge in [0.25, 0.3) is 0 Å². The van der Waals surface area contributed by atoms with Crippen molar-refractivity contribution in [3.8, 4) is 0 Å². The van der Waals surface area contributed by atoms with E-state index in [1.807, 2.05) is 42.2 Å². The van der Waals surface area contributed by atoms with Gasteiger partial charge in [-0.15, -0.1) is 11.8 Å². The lowest BCUT2D eigenvalue weighted by molar-refractivity contribution is 0.0455. The average Bonchev–Trinajstić information content (AvgIpc) is 2.26. The van der Waals surface area contributed by atoms with Crippen LogP contribution in [0.1, 0.15) is 0 Å². The maximum atomic E-state index is 5.93. The predicted molar refractivity (Wildman–Crippen MR) is 66.6 cm³/mol. The second kappa shape index (κ2) is 3.96. The zero-order valence-electron chi connectivity index (χ0n) is 8.72. The predicted octanol–water partition coefficient (Wildman–Crippen LogP) is 2.31. The molecule has 0 amide bonds. The zero-order chi connectivity index (χ0) is 11.0. The standard InChI is InChI=1S/C12H12N2OS/c13-10-3-4-11(16-8-6-15-7-8)12-9(10)2-1-5-14-12/h1-5,8H,6-7,13H2. The summed E-state index contributed by atoms with van der Waals surface area (Å²) in [4.78, 5) is 5.60. The monoisotopic (exact) mass is 232 g/mol. The largest absolute Gasteiger partial charge is 0.398 e. The summed E-state index contributed by atoms with van der Waals surface area (Å²) in [6, 6.07) is 7.93. The maximum absolute atomic E-state index is 5.93. The van der Waals surface area contributed by atoms with Crippen LogP contribution in [-0.2, 0) is 4.74 Å². The maximum Gasteiger partial charge on any atom is 0.0858 e. The molecular formula is C12H12N2OS. The summed E-state index contributed by atoms with van der Waals surface area (Å²) >= 11 is 1.83. The minimum Gasteiger partial charge on any atom is -0.398 e. The molecule has 1 saturated heterocycles. The van der Waals surface area contributed by atoms with Gasteiger partial charge in [-0.05, 0) is 24.3 Å². The molecule has 2 N–H and O–H groups in total. The molecule has 0 spiro atoms. The van der Waals surface area contributed by atoms with Crippen LogP contribution in [0.3, 0.4) is 0 Å². The van der Waals surface area contributed by atoms with Crippen LogP contribution in [0.25, 0.3) is 10.9 Å². The fourth-order valence-corrected chi connectivity index (χ4v) is 2.83. The van der Waals surface area contributed by atoms with E-state index >= 15 is 0 Å². The number of aromatic nitrogens is 1. The number of hydrogen-bond acceptors (Lipinski definition) is 4. The van der Waals surface area contributed by atoms with Gasteiger partial charge in [0.15, 0.2) is 0 Å². The van der Waals surface area contributed by atoms with Gasteiger partial charge in [-0.3, -0.25) is 4.98 Å². The van der Waals surface area contributed by atoms with Crippen molar-refractivity contribution in [2.24, 2.45) is 0 Å². The topological polar surface area (TPSA) is 48.1 Å². The molecule has 3 rings (SSSR count). The van der Waals surface area contributed by atoms with Crippen LogP contribution >= 0.6 is 11.8 Å². The Hall–Kier alpha value is -1.26. The summed E-state index contributed by atoms with van der Waals surface area (Å²) in [5.74, 6) is 0. The molecule has 0 saturated carbocycles. The van der Waals surface area contributed by atoms with Gasteiger partial charge >= 0.3 is 0 Å². The fourth-order valence-electron chi connectivity index (χ4n) is 1.73. The van der Waals surface area contributed by atoms with Crippen LogP contribution in [0, 0.1) is 0 Å². The number of pyridine rings is 1. The first-order chi connectivity index (χ1) is 7.84. The van der Waals surface area contributed by atoms with Crippen molar-refractivity contribution in [1.29, 1.82) is 0 Å². The van der Waals surface area contributed by atoms with Gasteiger partial charge in [0.2, 0.25) is 0 Å². The molecule has 1 aliphatic rings. The molecule has 1 fully saturated rings. The molecule has 0 radical (unpaired) electrons. The Morgan fingerprint density at radius 1 is 1.31 bits per heavy atom. The lowest BCUT2D eigenvalue weighted by Crippen LogP contribution is -2.30. The molecule has 2 aromatic rings. The van der Waals surface area contributed by atoms with Gasteiger partial charge in [-0.2, -0.15) is 0 Å². The number of hydrogen-bond donors (Lipinski definition) is 1. The number of nitrogens with zero attached hydrogens (tertiary/aromatic N) is 1. The highest BCUT2D eigenvalue weighted by Crippen LogP contribution is 2.34. The van der Waals surface area contributed by atoms with Crippen molar-refractivity contribution in [2.45, 2.75) is 10.1 Å². The van der Waals surface area contributed by atoms with E-state index in [0.717, 1.165) is 29.8 Å². The van der Waals surface area contributed by atoms with Crippen LogP contribution < -0.4 is 5.73 Å². The molecule has 2 heterocycles. The third-order valence-corrected chi connectivity index (χ3v) is 3.86.